The first kappa shape index (κ1) is 30.3. The standard InChI is InChI=1S/C42H48N2/c1-25-11-13-33(19-27(25)3)41(9)17-15-39(35-21-29(5)31(7)23-37(35)41)43-44-40-16-18-42(10,34-14-12-26(2)28(4)20-34)38-24-32(8)30(6)22-36(38)40/h11-14,19-24H,15-18H2,1-10H3/b43-39+,44-40+/t41-,42-/m1/s1. The fourth-order valence-electron chi connectivity index (χ4n) is 7.40. The van der Waals surface area contributed by atoms with Crippen LogP contribution >= 0.6 is 0 Å². The Labute approximate surface area is 265 Å². The molecule has 2 atom stereocenters. The lowest BCUT2D eigenvalue weighted by Crippen LogP contribution is -2.33. The summed E-state index contributed by atoms with van der Waals surface area (Å²) in [6, 6.07) is 23.6. The summed E-state index contributed by atoms with van der Waals surface area (Å²) >= 11 is 0. The summed E-state index contributed by atoms with van der Waals surface area (Å²) in [5, 5.41) is 10.2. The van der Waals surface area contributed by atoms with Gasteiger partial charge in [-0.1, -0.05) is 62.4 Å². The molecular weight excluding hydrogens is 532 g/mol. The Balaban J connectivity index is 1.46. The minimum Gasteiger partial charge on any atom is -0.155 e. The zero-order valence-corrected chi connectivity index (χ0v) is 28.5. The average Bonchev–Trinajstić information content (AvgIpc) is 2.98. The third kappa shape index (κ3) is 4.97. The average molecular weight is 581 g/mol. The van der Waals surface area contributed by atoms with Gasteiger partial charge in [0.2, 0.25) is 0 Å². The minimum atomic E-state index is -0.0571. The molecule has 0 radical (unpaired) electrons. The zero-order valence-electron chi connectivity index (χ0n) is 28.5. The molecule has 2 heteroatoms. The number of rotatable bonds is 3. The molecule has 0 aliphatic heterocycles. The molecule has 2 aliphatic carbocycles. The summed E-state index contributed by atoms with van der Waals surface area (Å²) in [6.45, 7) is 22.6. The predicted octanol–water partition coefficient (Wildman–Crippen LogP) is 10.5. The highest BCUT2D eigenvalue weighted by atomic mass is 15.2. The maximum atomic E-state index is 5.11. The second-order valence-corrected chi connectivity index (χ2v) is 14.3. The van der Waals surface area contributed by atoms with Crippen LogP contribution in [0, 0.1) is 55.4 Å². The molecule has 0 aromatic heterocycles. The van der Waals surface area contributed by atoms with E-state index in [-0.39, 0.29) is 10.8 Å². The third-order valence-corrected chi connectivity index (χ3v) is 11.4. The molecule has 6 rings (SSSR count). The topological polar surface area (TPSA) is 24.7 Å². The first-order chi connectivity index (χ1) is 20.8. The summed E-state index contributed by atoms with van der Waals surface area (Å²) in [6.07, 6.45) is 3.87. The monoisotopic (exact) mass is 580 g/mol. The van der Waals surface area contributed by atoms with Gasteiger partial charge in [-0.15, -0.1) is 0 Å². The number of hydrogen-bond donors (Lipinski definition) is 0. The van der Waals surface area contributed by atoms with Gasteiger partial charge in [0.05, 0.1) is 11.4 Å². The van der Waals surface area contributed by atoms with Crippen LogP contribution < -0.4 is 0 Å². The van der Waals surface area contributed by atoms with Crippen molar-refractivity contribution in [2.45, 2.75) is 106 Å². The molecule has 0 heterocycles. The quantitative estimate of drug-likeness (QED) is 0.215. The summed E-state index contributed by atoms with van der Waals surface area (Å²) in [5.74, 6) is 0. The van der Waals surface area contributed by atoms with Gasteiger partial charge in [-0.25, -0.2) is 0 Å². The van der Waals surface area contributed by atoms with Crippen LogP contribution in [0.1, 0.15) is 117 Å². The van der Waals surface area contributed by atoms with Crippen LogP contribution in [0.2, 0.25) is 0 Å². The number of benzene rings is 4. The van der Waals surface area contributed by atoms with Gasteiger partial charge in [0.25, 0.3) is 0 Å². The van der Waals surface area contributed by atoms with Crippen molar-refractivity contribution in [3.8, 4) is 0 Å². The molecule has 4 aromatic carbocycles. The van der Waals surface area contributed by atoms with E-state index in [0.717, 1.165) is 37.1 Å². The minimum absolute atomic E-state index is 0.0571. The Bertz CT molecular complexity index is 1730. The molecule has 0 spiro atoms. The normalized spacial score (nSPS) is 23.1. The van der Waals surface area contributed by atoms with Crippen LogP contribution in [-0.4, -0.2) is 11.4 Å². The number of fused-ring (bicyclic) bond motifs is 2. The number of nitrogens with zero attached hydrogens (tertiary/aromatic N) is 2. The van der Waals surface area contributed by atoms with Gasteiger partial charge in [-0.2, -0.15) is 10.2 Å². The lowest BCUT2D eigenvalue weighted by Gasteiger charge is -2.38. The van der Waals surface area contributed by atoms with Crippen molar-refractivity contribution >= 4 is 11.4 Å². The van der Waals surface area contributed by atoms with E-state index in [1.807, 2.05) is 0 Å². The SMILES string of the molecule is Cc1ccc([C@@]2(C)CC/C(=N\N=C3/CC[C@](C)(c4ccc(C)c(C)c4)c4cc(C)c(C)cc43)c3cc(C)c(C)cc32)cc1C. The van der Waals surface area contributed by atoms with Crippen molar-refractivity contribution in [2.24, 2.45) is 10.2 Å². The maximum Gasteiger partial charge on any atom is 0.0706 e. The van der Waals surface area contributed by atoms with Crippen molar-refractivity contribution in [2.75, 3.05) is 0 Å². The molecule has 2 aliphatic rings. The first-order valence-electron chi connectivity index (χ1n) is 16.3. The Morgan fingerprint density at radius 3 is 1.14 bits per heavy atom. The number of aryl methyl sites for hydroxylation is 8. The second-order valence-electron chi connectivity index (χ2n) is 14.3. The van der Waals surface area contributed by atoms with Gasteiger partial charge < -0.3 is 0 Å². The van der Waals surface area contributed by atoms with Gasteiger partial charge in [0.1, 0.15) is 0 Å². The van der Waals surface area contributed by atoms with Crippen molar-refractivity contribution in [3.63, 3.8) is 0 Å². The highest BCUT2D eigenvalue weighted by Crippen LogP contribution is 2.46. The smallest absolute Gasteiger partial charge is 0.0706 e. The Hall–Kier alpha value is -3.78. The first-order valence-corrected chi connectivity index (χ1v) is 16.3. The Morgan fingerprint density at radius 2 is 0.773 bits per heavy atom. The van der Waals surface area contributed by atoms with Crippen molar-refractivity contribution in [3.05, 3.63) is 139 Å². The van der Waals surface area contributed by atoms with Crippen LogP contribution in [0.15, 0.2) is 70.9 Å². The third-order valence-electron chi connectivity index (χ3n) is 11.4. The molecule has 0 bridgehead atoms. The van der Waals surface area contributed by atoms with E-state index in [4.69, 9.17) is 10.2 Å². The zero-order chi connectivity index (χ0) is 31.6. The van der Waals surface area contributed by atoms with Crippen molar-refractivity contribution in [1.29, 1.82) is 0 Å². The maximum absolute atomic E-state index is 5.11. The molecular formula is C42H48N2. The van der Waals surface area contributed by atoms with E-state index < -0.39 is 0 Å². The largest absolute Gasteiger partial charge is 0.155 e. The fourth-order valence-corrected chi connectivity index (χ4v) is 7.40. The molecule has 226 valence electrons. The van der Waals surface area contributed by atoms with Gasteiger partial charge in [-0.05, 0) is 160 Å². The summed E-state index contributed by atoms with van der Waals surface area (Å²) in [5.41, 5.74) is 20.9. The lowest BCUT2D eigenvalue weighted by atomic mass is 9.65. The molecule has 0 fully saturated rings. The van der Waals surface area contributed by atoms with Crippen LogP contribution in [0.25, 0.3) is 0 Å². The summed E-state index contributed by atoms with van der Waals surface area (Å²) in [4.78, 5) is 0. The van der Waals surface area contributed by atoms with E-state index in [9.17, 15) is 0 Å². The molecule has 0 saturated heterocycles. The molecule has 0 unspecified atom stereocenters. The van der Waals surface area contributed by atoms with E-state index in [1.165, 1.54) is 77.9 Å². The van der Waals surface area contributed by atoms with Crippen molar-refractivity contribution in [1.82, 2.24) is 0 Å². The number of hydrogen-bond acceptors (Lipinski definition) is 2. The molecule has 4 aromatic rings. The van der Waals surface area contributed by atoms with Gasteiger partial charge in [-0.3, -0.25) is 0 Å². The van der Waals surface area contributed by atoms with Crippen LogP contribution in [0.4, 0.5) is 0 Å². The highest BCUT2D eigenvalue weighted by molar-refractivity contribution is 6.07. The van der Waals surface area contributed by atoms with E-state index in [2.05, 4.69) is 130 Å². The van der Waals surface area contributed by atoms with E-state index in [0.29, 0.717) is 0 Å². The fraction of sp³-hybridized carbons (Fsp3) is 0.381. The van der Waals surface area contributed by atoms with Gasteiger partial charge in [0.15, 0.2) is 0 Å². The summed E-state index contributed by atoms with van der Waals surface area (Å²) < 4.78 is 0. The van der Waals surface area contributed by atoms with Crippen LogP contribution in [-0.2, 0) is 10.8 Å². The van der Waals surface area contributed by atoms with Crippen LogP contribution in [0.5, 0.6) is 0 Å². The summed E-state index contributed by atoms with van der Waals surface area (Å²) in [7, 11) is 0. The van der Waals surface area contributed by atoms with Gasteiger partial charge in [0, 0.05) is 22.0 Å². The molecule has 2 nitrogen and oxygen atoms in total. The Morgan fingerprint density at radius 1 is 0.432 bits per heavy atom. The second kappa shape index (κ2) is 11.0. The van der Waals surface area contributed by atoms with E-state index >= 15 is 0 Å². The predicted molar refractivity (Wildman–Crippen MR) is 188 cm³/mol. The molecule has 0 amide bonds. The molecule has 0 N–H and O–H groups in total. The molecule has 44 heavy (non-hydrogen) atoms. The van der Waals surface area contributed by atoms with Crippen molar-refractivity contribution < 1.29 is 0 Å². The lowest BCUT2D eigenvalue weighted by molar-refractivity contribution is 0.517. The molecule has 0 saturated carbocycles. The van der Waals surface area contributed by atoms with Gasteiger partial charge >= 0.3 is 0 Å². The van der Waals surface area contributed by atoms with Crippen LogP contribution in [0.3, 0.4) is 0 Å². The highest BCUT2D eigenvalue weighted by Gasteiger charge is 2.38. The Kier molecular flexibility index (Phi) is 7.55. The van der Waals surface area contributed by atoms with E-state index in [1.54, 1.807) is 0 Å².